The first-order chi connectivity index (χ1) is 17.2. The molecule has 0 saturated carbocycles. The zero-order valence-electron chi connectivity index (χ0n) is 21.9. The highest BCUT2D eigenvalue weighted by molar-refractivity contribution is 6.50. The van der Waals surface area contributed by atoms with Crippen LogP contribution in [0, 0.1) is 0 Å². The van der Waals surface area contributed by atoms with Crippen LogP contribution < -0.4 is 4.90 Å². The largest absolute Gasteiger partial charge is 0.673 e. The van der Waals surface area contributed by atoms with Gasteiger partial charge < -0.3 is 63.1 Å². The Balaban J connectivity index is 0.00000110. The van der Waals surface area contributed by atoms with Gasteiger partial charge in [0.15, 0.2) is 6.23 Å². The number of nitrogens with one attached hydrogen (secondary N) is 1. The molecule has 0 aromatic heterocycles. The Morgan fingerprint density at radius 2 is 1.35 bits per heavy atom. The van der Waals surface area contributed by atoms with E-state index in [4.69, 9.17) is 23.7 Å². The van der Waals surface area contributed by atoms with Crippen molar-refractivity contribution < 1.29 is 67.6 Å². The van der Waals surface area contributed by atoms with Gasteiger partial charge in [0.25, 0.3) is 0 Å². The minimum atomic E-state index is -6.00. The number of halogens is 8. The van der Waals surface area contributed by atoms with Crippen LogP contribution in [-0.4, -0.2) is 123 Å². The van der Waals surface area contributed by atoms with E-state index in [1.165, 1.54) is 6.54 Å². The number of ether oxygens (including phenoxy) is 5. The Kier molecular flexibility index (Phi) is 19.0. The van der Waals surface area contributed by atoms with Gasteiger partial charge >= 0.3 is 14.5 Å². The highest BCUT2D eigenvalue weighted by Crippen LogP contribution is 2.17. The zero-order valence-corrected chi connectivity index (χ0v) is 21.9. The summed E-state index contributed by atoms with van der Waals surface area (Å²) < 4.78 is 108. The molecule has 0 radical (unpaired) electrons. The van der Waals surface area contributed by atoms with Crippen molar-refractivity contribution in [2.75, 3.05) is 92.1 Å². The fourth-order valence-corrected chi connectivity index (χ4v) is 3.98. The van der Waals surface area contributed by atoms with Crippen LogP contribution in [0.2, 0.25) is 0 Å². The van der Waals surface area contributed by atoms with E-state index >= 15 is 0 Å². The molecule has 7 nitrogen and oxygen atoms in total. The van der Waals surface area contributed by atoms with Crippen LogP contribution in [-0.2, 0) is 23.7 Å². The maximum Gasteiger partial charge on any atom is 0.673 e. The number of hydrogen-bond donors (Lipinski definition) is 1. The van der Waals surface area contributed by atoms with Crippen molar-refractivity contribution in [3.63, 3.8) is 0 Å². The summed E-state index contributed by atoms with van der Waals surface area (Å²) in [6.45, 7) is 19.0. The molecule has 3 unspecified atom stereocenters. The third kappa shape index (κ3) is 21.9. The van der Waals surface area contributed by atoms with Crippen LogP contribution in [0.4, 0.5) is 34.5 Å². The fraction of sp³-hybridized carbons (Fsp3) is 1.00. The molecule has 224 valence electrons. The molecule has 2 fully saturated rings. The lowest BCUT2D eigenvalue weighted by atomic mass is 10.2. The third-order valence-corrected chi connectivity index (χ3v) is 6.13. The fourth-order valence-electron chi connectivity index (χ4n) is 3.98. The molecular formula is C20H42B2F8N2O5. The molecule has 2 aliphatic rings. The Morgan fingerprint density at radius 1 is 0.838 bits per heavy atom. The molecule has 0 aromatic rings. The van der Waals surface area contributed by atoms with Gasteiger partial charge in [0.2, 0.25) is 0 Å². The van der Waals surface area contributed by atoms with E-state index < -0.39 is 14.5 Å². The summed E-state index contributed by atoms with van der Waals surface area (Å²) in [7, 11) is -12.0. The second-order valence-corrected chi connectivity index (χ2v) is 8.62. The molecule has 2 rings (SSSR count). The Bertz CT molecular complexity index is 538. The van der Waals surface area contributed by atoms with Gasteiger partial charge in [-0.2, -0.15) is 0 Å². The van der Waals surface area contributed by atoms with Crippen molar-refractivity contribution in [3.8, 4) is 0 Å². The van der Waals surface area contributed by atoms with Gasteiger partial charge in [-0.15, -0.1) is 0 Å². The Hall–Kier alpha value is -0.710. The predicted molar refractivity (Wildman–Crippen MR) is 124 cm³/mol. The molecule has 0 aliphatic carbocycles. The lowest BCUT2D eigenvalue weighted by Gasteiger charge is -2.44. The average Bonchev–Trinajstić information content (AvgIpc) is 2.81. The molecule has 0 aromatic carbocycles. The summed E-state index contributed by atoms with van der Waals surface area (Å²) in [6, 6.07) is 0. The topological polar surface area (TPSA) is 50.6 Å². The first-order valence-corrected chi connectivity index (χ1v) is 12.6. The van der Waals surface area contributed by atoms with E-state index in [0.717, 1.165) is 70.1 Å². The number of quaternary nitrogens is 2. The normalized spacial score (nSPS) is 22.8. The third-order valence-electron chi connectivity index (χ3n) is 6.13. The molecule has 17 heteroatoms. The summed E-state index contributed by atoms with van der Waals surface area (Å²) >= 11 is 0. The lowest BCUT2D eigenvalue weighted by Crippen LogP contribution is -3.14. The van der Waals surface area contributed by atoms with Gasteiger partial charge in [-0.1, -0.05) is 0 Å². The van der Waals surface area contributed by atoms with Crippen LogP contribution in [0.15, 0.2) is 0 Å². The number of hydrogen-bond acceptors (Lipinski definition) is 5. The van der Waals surface area contributed by atoms with Crippen LogP contribution in [0.5, 0.6) is 0 Å². The van der Waals surface area contributed by atoms with Crippen LogP contribution in [0.25, 0.3) is 0 Å². The number of rotatable bonds is 13. The minimum absolute atomic E-state index is 0.194. The van der Waals surface area contributed by atoms with Crippen molar-refractivity contribution in [2.45, 2.75) is 39.5 Å². The Morgan fingerprint density at radius 3 is 1.86 bits per heavy atom. The molecule has 2 saturated heterocycles. The van der Waals surface area contributed by atoms with E-state index in [9.17, 15) is 34.5 Å². The summed E-state index contributed by atoms with van der Waals surface area (Å²) in [4.78, 5) is 1.63. The van der Waals surface area contributed by atoms with Crippen molar-refractivity contribution in [1.29, 1.82) is 0 Å². The van der Waals surface area contributed by atoms with Gasteiger partial charge in [0, 0.05) is 20.0 Å². The summed E-state index contributed by atoms with van der Waals surface area (Å²) in [5.74, 6) is 0. The molecule has 2 aliphatic heterocycles. The van der Waals surface area contributed by atoms with Crippen molar-refractivity contribution >= 4 is 14.5 Å². The number of morpholine rings is 2. The molecule has 0 amide bonds. The molecule has 0 bridgehead atoms. The first-order valence-electron chi connectivity index (χ1n) is 12.6. The average molecular weight is 564 g/mol. The predicted octanol–water partition coefficient (Wildman–Crippen LogP) is 2.54. The van der Waals surface area contributed by atoms with Crippen molar-refractivity contribution in [1.82, 2.24) is 0 Å². The summed E-state index contributed by atoms with van der Waals surface area (Å²) in [5.41, 5.74) is 0. The quantitative estimate of drug-likeness (QED) is 0.162. The van der Waals surface area contributed by atoms with Crippen molar-refractivity contribution in [2.24, 2.45) is 0 Å². The number of nitrogens with zero attached hydrogens (tertiary/aromatic N) is 1. The minimum Gasteiger partial charge on any atom is -0.418 e. The second kappa shape index (κ2) is 19.4. The molecule has 1 N–H and O–H groups in total. The SMILES string of the molecule is CC[NH+]1CCOC(CCOCCOCCOC(C)[N+]2(CC)CCOCC2)C1.F[B-](F)(F)F.F[B-](F)(F)F. The molecule has 37 heavy (non-hydrogen) atoms. The molecular weight excluding hydrogens is 522 g/mol. The van der Waals surface area contributed by atoms with E-state index in [2.05, 4.69) is 20.8 Å². The smallest absolute Gasteiger partial charge is 0.418 e. The zero-order chi connectivity index (χ0) is 28.4. The first kappa shape index (κ1) is 36.3. The molecule has 2 heterocycles. The van der Waals surface area contributed by atoms with Gasteiger partial charge in [0.1, 0.15) is 32.3 Å². The Labute approximate surface area is 214 Å². The standard InChI is InChI=1S/C20H41N2O5.2BF4/c1-4-21-7-11-27-20(18-21)6-10-23-14-15-25-16-17-26-19(3)22(5-2)8-12-24-13-9-22;2*2-1(3,4)5/h19-20H,4-18H2,1-3H3;;/q+1;2*-1/p+1. The summed E-state index contributed by atoms with van der Waals surface area (Å²) in [5, 5.41) is 0. The van der Waals surface area contributed by atoms with Gasteiger partial charge in [-0.05, 0) is 13.8 Å². The van der Waals surface area contributed by atoms with E-state index in [-0.39, 0.29) is 6.23 Å². The van der Waals surface area contributed by atoms with Gasteiger partial charge in [0.05, 0.1) is 59.3 Å². The maximum atomic E-state index is 9.75. The van der Waals surface area contributed by atoms with Gasteiger partial charge in [-0.25, -0.2) is 0 Å². The summed E-state index contributed by atoms with van der Waals surface area (Å²) in [6.07, 6.45) is 1.52. The van der Waals surface area contributed by atoms with Gasteiger partial charge in [-0.3, -0.25) is 4.48 Å². The monoisotopic (exact) mass is 564 g/mol. The van der Waals surface area contributed by atoms with E-state index in [1.54, 1.807) is 4.90 Å². The van der Waals surface area contributed by atoms with E-state index in [1.807, 2.05) is 0 Å². The number of likely N-dealkylation sites (N-methyl/N-ethyl adjacent to an activating group) is 2. The van der Waals surface area contributed by atoms with Crippen LogP contribution in [0.3, 0.4) is 0 Å². The van der Waals surface area contributed by atoms with Crippen molar-refractivity contribution in [3.05, 3.63) is 0 Å². The van der Waals surface area contributed by atoms with Crippen LogP contribution in [0.1, 0.15) is 27.2 Å². The second-order valence-electron chi connectivity index (χ2n) is 8.62. The molecule has 0 spiro atoms. The maximum absolute atomic E-state index is 9.75. The highest BCUT2D eigenvalue weighted by Gasteiger charge is 2.35. The highest BCUT2D eigenvalue weighted by atomic mass is 19.5. The molecule has 3 atom stereocenters. The van der Waals surface area contributed by atoms with Crippen LogP contribution >= 0.6 is 0 Å². The lowest BCUT2D eigenvalue weighted by molar-refractivity contribution is -0.974. The van der Waals surface area contributed by atoms with E-state index in [0.29, 0.717) is 32.5 Å².